The third-order valence-corrected chi connectivity index (χ3v) is 4.06. The summed E-state index contributed by atoms with van der Waals surface area (Å²) in [5.41, 5.74) is 3.05. The summed E-state index contributed by atoms with van der Waals surface area (Å²) < 4.78 is 0. The lowest BCUT2D eigenvalue weighted by Gasteiger charge is -2.20. The zero-order valence-electron chi connectivity index (χ0n) is 12.1. The molecule has 0 aliphatic heterocycles. The third-order valence-electron chi connectivity index (χ3n) is 3.32. The molecule has 0 bridgehead atoms. The second kappa shape index (κ2) is 6.62. The molecule has 0 aliphatic rings. The van der Waals surface area contributed by atoms with Gasteiger partial charge in [0.05, 0.1) is 6.54 Å². The van der Waals surface area contributed by atoms with E-state index in [1.165, 1.54) is 10.5 Å². The minimum Gasteiger partial charge on any atom is -0.367 e. The van der Waals surface area contributed by atoms with Crippen molar-refractivity contribution in [3.8, 4) is 0 Å². The summed E-state index contributed by atoms with van der Waals surface area (Å²) in [6.07, 6.45) is 2.03. The molecule has 0 fully saturated rings. The molecule has 0 saturated heterocycles. The van der Waals surface area contributed by atoms with E-state index in [0.717, 1.165) is 11.3 Å². The van der Waals surface area contributed by atoms with Gasteiger partial charge >= 0.3 is 0 Å². The first-order valence-electron chi connectivity index (χ1n) is 6.56. The molecule has 0 heterocycles. The number of hydrogen-bond donors (Lipinski definition) is 0. The molecule has 0 amide bonds. The van der Waals surface area contributed by atoms with Crippen LogP contribution < -0.4 is 4.90 Å². The van der Waals surface area contributed by atoms with Crippen molar-refractivity contribution in [1.29, 1.82) is 0 Å². The average molecular weight is 285 g/mol. The summed E-state index contributed by atoms with van der Waals surface area (Å²) >= 11 is 1.68. The quantitative estimate of drug-likeness (QED) is 0.611. The number of para-hydroxylation sites is 1. The monoisotopic (exact) mass is 285 g/mol. The summed E-state index contributed by atoms with van der Waals surface area (Å²) in [7, 11) is 1.95. The molecule has 2 rings (SSSR count). The van der Waals surface area contributed by atoms with Gasteiger partial charge < -0.3 is 4.90 Å². The lowest BCUT2D eigenvalue weighted by Crippen LogP contribution is -2.26. The molecule has 2 aromatic rings. The second-order valence-corrected chi connectivity index (χ2v) is 5.67. The highest BCUT2D eigenvalue weighted by molar-refractivity contribution is 7.98. The predicted octanol–water partition coefficient (Wildman–Crippen LogP) is 4.04. The van der Waals surface area contributed by atoms with E-state index in [1.54, 1.807) is 11.8 Å². The molecule has 0 radical (unpaired) electrons. The minimum absolute atomic E-state index is 0.142. The molecule has 0 N–H and O–H groups in total. The summed E-state index contributed by atoms with van der Waals surface area (Å²) in [4.78, 5) is 15.5. The van der Waals surface area contributed by atoms with Crippen LogP contribution in [0.2, 0.25) is 0 Å². The molecule has 3 heteroatoms. The Morgan fingerprint density at radius 1 is 1.10 bits per heavy atom. The zero-order valence-corrected chi connectivity index (χ0v) is 12.9. The Kier molecular flexibility index (Phi) is 4.85. The van der Waals surface area contributed by atoms with Gasteiger partial charge in [-0.05, 0) is 36.9 Å². The van der Waals surface area contributed by atoms with Crippen LogP contribution in [0, 0.1) is 6.92 Å². The van der Waals surface area contributed by atoms with Crippen LogP contribution in [-0.4, -0.2) is 25.6 Å². The number of thioether (sulfide) groups is 1. The maximum Gasteiger partial charge on any atom is 0.182 e. The van der Waals surface area contributed by atoms with E-state index in [4.69, 9.17) is 0 Å². The van der Waals surface area contributed by atoms with Crippen molar-refractivity contribution >= 4 is 23.2 Å². The zero-order chi connectivity index (χ0) is 14.5. The van der Waals surface area contributed by atoms with Crippen LogP contribution in [0.25, 0.3) is 0 Å². The first kappa shape index (κ1) is 14.7. The molecule has 0 aliphatic carbocycles. The second-order valence-electron chi connectivity index (χ2n) is 4.79. The standard InChI is InChI=1S/C17H19NOS/c1-13-6-4-5-7-16(13)18(2)12-17(19)14-8-10-15(20-3)11-9-14/h4-11H,12H2,1-3H3. The largest absolute Gasteiger partial charge is 0.367 e. The number of rotatable bonds is 5. The molecule has 104 valence electrons. The Morgan fingerprint density at radius 2 is 1.75 bits per heavy atom. The summed E-state index contributed by atoms with van der Waals surface area (Å²) in [6, 6.07) is 15.9. The summed E-state index contributed by atoms with van der Waals surface area (Å²) in [5.74, 6) is 0.142. The van der Waals surface area contributed by atoms with E-state index >= 15 is 0 Å². The average Bonchev–Trinajstić information content (AvgIpc) is 2.47. The van der Waals surface area contributed by atoms with Crippen molar-refractivity contribution in [3.05, 3.63) is 59.7 Å². The summed E-state index contributed by atoms with van der Waals surface area (Å²) in [5, 5.41) is 0. The lowest BCUT2D eigenvalue weighted by molar-refractivity contribution is 0.100. The van der Waals surface area contributed by atoms with Crippen LogP contribution in [0.4, 0.5) is 5.69 Å². The molecule has 0 saturated carbocycles. The highest BCUT2D eigenvalue weighted by atomic mass is 32.2. The van der Waals surface area contributed by atoms with E-state index in [9.17, 15) is 4.79 Å². The molecule has 2 aromatic carbocycles. The molecular formula is C17H19NOS. The molecule has 0 aromatic heterocycles. The van der Waals surface area contributed by atoms with Gasteiger partial charge in [-0.25, -0.2) is 0 Å². The van der Waals surface area contributed by atoms with Crippen molar-refractivity contribution in [2.24, 2.45) is 0 Å². The minimum atomic E-state index is 0.142. The Hall–Kier alpha value is -1.74. The molecular weight excluding hydrogens is 266 g/mol. The van der Waals surface area contributed by atoms with Crippen molar-refractivity contribution in [2.45, 2.75) is 11.8 Å². The molecule has 2 nitrogen and oxygen atoms in total. The van der Waals surface area contributed by atoms with Gasteiger partial charge in [0.15, 0.2) is 5.78 Å². The third kappa shape index (κ3) is 3.42. The van der Waals surface area contributed by atoms with E-state index < -0.39 is 0 Å². The van der Waals surface area contributed by atoms with Crippen LogP contribution >= 0.6 is 11.8 Å². The first-order chi connectivity index (χ1) is 9.61. The number of benzene rings is 2. The van der Waals surface area contributed by atoms with Crippen LogP contribution in [0.15, 0.2) is 53.4 Å². The maximum absolute atomic E-state index is 12.3. The molecule has 0 atom stereocenters. The maximum atomic E-state index is 12.3. The van der Waals surface area contributed by atoms with E-state index in [2.05, 4.69) is 13.0 Å². The Bertz CT molecular complexity index is 592. The van der Waals surface area contributed by atoms with Gasteiger partial charge in [0.1, 0.15) is 0 Å². The fourth-order valence-corrected chi connectivity index (χ4v) is 2.57. The van der Waals surface area contributed by atoms with E-state index in [1.807, 2.05) is 60.7 Å². The van der Waals surface area contributed by atoms with Crippen LogP contribution in [0.1, 0.15) is 15.9 Å². The van der Waals surface area contributed by atoms with Gasteiger partial charge in [-0.1, -0.05) is 30.3 Å². The predicted molar refractivity (Wildman–Crippen MR) is 87.0 cm³/mol. The fraction of sp³-hybridized carbons (Fsp3) is 0.235. The normalized spacial score (nSPS) is 10.3. The Morgan fingerprint density at radius 3 is 2.35 bits per heavy atom. The van der Waals surface area contributed by atoms with Gasteiger partial charge in [0.2, 0.25) is 0 Å². The van der Waals surface area contributed by atoms with Crippen molar-refractivity contribution in [1.82, 2.24) is 0 Å². The highest BCUT2D eigenvalue weighted by Crippen LogP contribution is 2.19. The number of Topliss-reactive ketones (excluding diaryl/α,β-unsaturated/α-hetero) is 1. The van der Waals surface area contributed by atoms with Crippen molar-refractivity contribution in [3.63, 3.8) is 0 Å². The van der Waals surface area contributed by atoms with Crippen LogP contribution in [0.5, 0.6) is 0 Å². The number of likely N-dealkylation sites (N-methyl/N-ethyl adjacent to an activating group) is 1. The van der Waals surface area contributed by atoms with Gasteiger partial charge in [-0.15, -0.1) is 11.8 Å². The lowest BCUT2D eigenvalue weighted by atomic mass is 10.1. The summed E-state index contributed by atoms with van der Waals surface area (Å²) in [6.45, 7) is 2.45. The SMILES string of the molecule is CSc1ccc(C(=O)CN(C)c2ccccc2C)cc1. The Labute approximate surface area is 124 Å². The number of ketones is 1. The van der Waals surface area contributed by atoms with Crippen molar-refractivity contribution in [2.75, 3.05) is 24.7 Å². The van der Waals surface area contributed by atoms with Gasteiger partial charge in [0, 0.05) is 23.2 Å². The van der Waals surface area contributed by atoms with E-state index in [-0.39, 0.29) is 5.78 Å². The highest BCUT2D eigenvalue weighted by Gasteiger charge is 2.11. The van der Waals surface area contributed by atoms with Gasteiger partial charge in [-0.3, -0.25) is 4.79 Å². The number of anilines is 1. The molecule has 20 heavy (non-hydrogen) atoms. The molecule has 0 spiro atoms. The number of carbonyl (C=O) groups is 1. The number of carbonyl (C=O) groups excluding carboxylic acids is 1. The first-order valence-corrected chi connectivity index (χ1v) is 7.78. The Balaban J connectivity index is 2.09. The van der Waals surface area contributed by atoms with Crippen molar-refractivity contribution < 1.29 is 4.79 Å². The smallest absolute Gasteiger partial charge is 0.182 e. The van der Waals surface area contributed by atoms with Gasteiger partial charge in [-0.2, -0.15) is 0 Å². The number of aryl methyl sites for hydroxylation is 1. The molecule has 0 unspecified atom stereocenters. The van der Waals surface area contributed by atoms with Crippen LogP contribution in [-0.2, 0) is 0 Å². The van der Waals surface area contributed by atoms with Crippen LogP contribution in [0.3, 0.4) is 0 Å². The van der Waals surface area contributed by atoms with Gasteiger partial charge in [0.25, 0.3) is 0 Å². The number of hydrogen-bond acceptors (Lipinski definition) is 3. The number of nitrogens with zero attached hydrogens (tertiary/aromatic N) is 1. The topological polar surface area (TPSA) is 20.3 Å². The van der Waals surface area contributed by atoms with E-state index in [0.29, 0.717) is 6.54 Å². The fourth-order valence-electron chi connectivity index (χ4n) is 2.16.